The average Bonchev–Trinajstić information content (AvgIpc) is 2.22. The average molecular weight is 241 g/mol. The van der Waals surface area contributed by atoms with E-state index in [0.29, 0.717) is 6.42 Å². The monoisotopic (exact) mass is 240 g/mol. The van der Waals surface area contributed by atoms with Crippen molar-refractivity contribution in [2.75, 3.05) is 0 Å². The fourth-order valence-corrected chi connectivity index (χ4v) is 1.85. The molecule has 0 saturated heterocycles. The molecule has 0 aromatic heterocycles. The second-order valence-corrected chi connectivity index (χ2v) is 5.56. The second-order valence-electron chi connectivity index (χ2n) is 5.16. The minimum Gasteiger partial charge on any atom is -0.392 e. The smallest absolute Gasteiger partial charge is 0.0631 e. The molecule has 1 aromatic rings. The third-order valence-electron chi connectivity index (χ3n) is 3.44. The molecule has 1 N–H and O–H groups in total. The third kappa shape index (κ3) is 3.23. The number of halogens is 1. The van der Waals surface area contributed by atoms with Gasteiger partial charge in [0, 0.05) is 11.4 Å². The van der Waals surface area contributed by atoms with Crippen LogP contribution >= 0.6 is 11.6 Å². The van der Waals surface area contributed by atoms with Gasteiger partial charge in [0.15, 0.2) is 0 Å². The SMILES string of the molecule is CCC(C)(C)C(O)Cc1ccc(C)cc1Cl. The molecule has 0 radical (unpaired) electrons. The van der Waals surface area contributed by atoms with E-state index in [-0.39, 0.29) is 11.5 Å². The molecule has 0 aliphatic heterocycles. The second kappa shape index (κ2) is 5.20. The van der Waals surface area contributed by atoms with Crippen LogP contribution in [-0.2, 0) is 6.42 Å². The van der Waals surface area contributed by atoms with Crippen LogP contribution in [0.2, 0.25) is 5.02 Å². The van der Waals surface area contributed by atoms with E-state index in [1.54, 1.807) is 0 Å². The molecule has 90 valence electrons. The van der Waals surface area contributed by atoms with E-state index >= 15 is 0 Å². The lowest BCUT2D eigenvalue weighted by Gasteiger charge is -2.29. The minimum absolute atomic E-state index is 0.0613. The Morgan fingerprint density at radius 1 is 1.38 bits per heavy atom. The summed E-state index contributed by atoms with van der Waals surface area (Å²) >= 11 is 6.16. The Kier molecular flexibility index (Phi) is 4.40. The van der Waals surface area contributed by atoms with Crippen molar-refractivity contribution in [1.82, 2.24) is 0 Å². The van der Waals surface area contributed by atoms with E-state index in [0.717, 1.165) is 22.6 Å². The molecular weight excluding hydrogens is 220 g/mol. The Morgan fingerprint density at radius 3 is 2.50 bits per heavy atom. The maximum Gasteiger partial charge on any atom is 0.0631 e. The van der Waals surface area contributed by atoms with Crippen LogP contribution in [-0.4, -0.2) is 11.2 Å². The van der Waals surface area contributed by atoms with Gasteiger partial charge in [0.2, 0.25) is 0 Å². The highest BCUT2D eigenvalue weighted by atomic mass is 35.5. The molecule has 1 atom stereocenters. The van der Waals surface area contributed by atoms with Crippen molar-refractivity contribution in [1.29, 1.82) is 0 Å². The van der Waals surface area contributed by atoms with Crippen LogP contribution in [0.1, 0.15) is 38.3 Å². The van der Waals surface area contributed by atoms with Gasteiger partial charge in [-0.2, -0.15) is 0 Å². The van der Waals surface area contributed by atoms with Gasteiger partial charge in [-0.1, -0.05) is 44.5 Å². The Morgan fingerprint density at radius 2 is 2.00 bits per heavy atom. The number of aliphatic hydroxyl groups excluding tert-OH is 1. The first-order chi connectivity index (χ1) is 7.36. The fourth-order valence-electron chi connectivity index (χ4n) is 1.54. The van der Waals surface area contributed by atoms with Gasteiger partial charge in [0.05, 0.1) is 6.10 Å². The Balaban J connectivity index is 2.81. The Hall–Kier alpha value is -0.530. The normalized spacial score (nSPS) is 13.9. The number of hydrogen-bond acceptors (Lipinski definition) is 1. The van der Waals surface area contributed by atoms with Crippen molar-refractivity contribution < 1.29 is 5.11 Å². The third-order valence-corrected chi connectivity index (χ3v) is 3.79. The summed E-state index contributed by atoms with van der Waals surface area (Å²) in [5.74, 6) is 0. The molecule has 0 amide bonds. The van der Waals surface area contributed by atoms with Gasteiger partial charge >= 0.3 is 0 Å². The van der Waals surface area contributed by atoms with Crippen molar-refractivity contribution in [3.8, 4) is 0 Å². The van der Waals surface area contributed by atoms with Gasteiger partial charge in [-0.25, -0.2) is 0 Å². The predicted octanol–water partition coefficient (Wildman–Crippen LogP) is 3.99. The molecule has 16 heavy (non-hydrogen) atoms. The molecule has 0 aliphatic rings. The maximum absolute atomic E-state index is 10.2. The molecule has 0 fully saturated rings. The standard InChI is InChI=1S/C14H21ClO/c1-5-14(3,4)13(16)9-11-7-6-10(2)8-12(11)15/h6-8,13,16H,5,9H2,1-4H3. The van der Waals surface area contributed by atoms with Gasteiger partial charge in [0.25, 0.3) is 0 Å². The molecule has 0 aliphatic carbocycles. The number of aliphatic hydroxyl groups is 1. The molecule has 1 unspecified atom stereocenters. The van der Waals surface area contributed by atoms with Crippen LogP contribution in [0.4, 0.5) is 0 Å². The van der Waals surface area contributed by atoms with Gasteiger partial charge in [0.1, 0.15) is 0 Å². The lowest BCUT2D eigenvalue weighted by molar-refractivity contribution is 0.0480. The van der Waals surface area contributed by atoms with Crippen LogP contribution in [0.25, 0.3) is 0 Å². The molecule has 1 rings (SSSR count). The Bertz CT molecular complexity index is 358. The van der Waals surface area contributed by atoms with Crippen molar-refractivity contribution in [2.45, 2.75) is 46.6 Å². The van der Waals surface area contributed by atoms with Crippen LogP contribution in [0, 0.1) is 12.3 Å². The van der Waals surface area contributed by atoms with E-state index in [1.807, 2.05) is 25.1 Å². The number of rotatable bonds is 4. The zero-order valence-electron chi connectivity index (χ0n) is 10.5. The summed E-state index contributed by atoms with van der Waals surface area (Å²) in [6.07, 6.45) is 1.23. The minimum atomic E-state index is -0.349. The van der Waals surface area contributed by atoms with E-state index in [2.05, 4.69) is 20.8 Å². The van der Waals surface area contributed by atoms with Crippen molar-refractivity contribution >= 4 is 11.6 Å². The van der Waals surface area contributed by atoms with E-state index in [4.69, 9.17) is 11.6 Å². The first-order valence-corrected chi connectivity index (χ1v) is 6.17. The lowest BCUT2D eigenvalue weighted by Crippen LogP contribution is -2.30. The van der Waals surface area contributed by atoms with Gasteiger partial charge in [-0.05, 0) is 36.0 Å². The van der Waals surface area contributed by atoms with Crippen LogP contribution < -0.4 is 0 Å². The molecule has 0 spiro atoms. The summed E-state index contributed by atoms with van der Waals surface area (Å²) < 4.78 is 0. The van der Waals surface area contributed by atoms with Crippen LogP contribution in [0.15, 0.2) is 18.2 Å². The molecule has 0 heterocycles. The maximum atomic E-state index is 10.2. The molecule has 0 saturated carbocycles. The zero-order valence-corrected chi connectivity index (χ0v) is 11.3. The summed E-state index contributed by atoms with van der Waals surface area (Å²) in [5.41, 5.74) is 2.12. The van der Waals surface area contributed by atoms with Crippen molar-refractivity contribution in [3.05, 3.63) is 34.3 Å². The van der Waals surface area contributed by atoms with Crippen molar-refractivity contribution in [2.24, 2.45) is 5.41 Å². The summed E-state index contributed by atoms with van der Waals surface area (Å²) in [4.78, 5) is 0. The lowest BCUT2D eigenvalue weighted by atomic mass is 9.81. The fraction of sp³-hybridized carbons (Fsp3) is 0.571. The van der Waals surface area contributed by atoms with E-state index in [9.17, 15) is 5.11 Å². The molecule has 2 heteroatoms. The summed E-state index contributed by atoms with van der Waals surface area (Å²) in [5, 5.41) is 10.9. The quantitative estimate of drug-likeness (QED) is 0.844. The first kappa shape index (κ1) is 13.5. The van der Waals surface area contributed by atoms with E-state index in [1.165, 1.54) is 0 Å². The summed E-state index contributed by atoms with van der Waals surface area (Å²) in [6.45, 7) is 8.28. The first-order valence-electron chi connectivity index (χ1n) is 5.80. The van der Waals surface area contributed by atoms with Gasteiger partial charge in [-0.3, -0.25) is 0 Å². The van der Waals surface area contributed by atoms with E-state index < -0.39 is 0 Å². The highest BCUT2D eigenvalue weighted by molar-refractivity contribution is 6.31. The number of benzene rings is 1. The topological polar surface area (TPSA) is 20.2 Å². The number of aryl methyl sites for hydroxylation is 1. The molecular formula is C14H21ClO. The molecule has 1 nitrogen and oxygen atoms in total. The predicted molar refractivity (Wildman–Crippen MR) is 70.0 cm³/mol. The van der Waals surface area contributed by atoms with Crippen LogP contribution in [0.5, 0.6) is 0 Å². The highest BCUT2D eigenvalue weighted by Crippen LogP contribution is 2.29. The number of hydrogen-bond donors (Lipinski definition) is 1. The molecule has 0 bridgehead atoms. The Labute approximate surface area is 103 Å². The zero-order chi connectivity index (χ0) is 12.3. The van der Waals surface area contributed by atoms with Crippen LogP contribution in [0.3, 0.4) is 0 Å². The summed E-state index contributed by atoms with van der Waals surface area (Å²) in [6, 6.07) is 5.99. The highest BCUT2D eigenvalue weighted by Gasteiger charge is 2.26. The van der Waals surface area contributed by atoms with Crippen molar-refractivity contribution in [3.63, 3.8) is 0 Å². The van der Waals surface area contributed by atoms with Gasteiger partial charge in [-0.15, -0.1) is 0 Å². The summed E-state index contributed by atoms with van der Waals surface area (Å²) in [7, 11) is 0. The van der Waals surface area contributed by atoms with Gasteiger partial charge < -0.3 is 5.11 Å². The molecule has 1 aromatic carbocycles. The largest absolute Gasteiger partial charge is 0.392 e.